The topological polar surface area (TPSA) is 36.3 Å². The van der Waals surface area contributed by atoms with Crippen molar-refractivity contribution in [3.8, 4) is 0 Å². The van der Waals surface area contributed by atoms with Crippen LogP contribution >= 0.6 is 0 Å². The number of nitrogens with zero attached hydrogens (tertiary/aromatic N) is 2. The van der Waals surface area contributed by atoms with Crippen molar-refractivity contribution < 1.29 is 9.47 Å². The van der Waals surface area contributed by atoms with E-state index >= 15 is 0 Å². The Bertz CT molecular complexity index is 272. The molecule has 14 heavy (non-hydrogen) atoms. The van der Waals surface area contributed by atoms with Crippen molar-refractivity contribution in [2.45, 2.75) is 26.7 Å². The Morgan fingerprint density at radius 3 is 2.71 bits per heavy atom. The lowest BCUT2D eigenvalue weighted by Crippen LogP contribution is -2.39. The van der Waals surface area contributed by atoms with Crippen molar-refractivity contribution in [2.75, 3.05) is 13.2 Å². The minimum atomic E-state index is -0.128. The van der Waals surface area contributed by atoms with Crippen molar-refractivity contribution in [3.63, 3.8) is 0 Å². The van der Waals surface area contributed by atoms with Crippen LogP contribution in [0.4, 0.5) is 0 Å². The molecule has 0 saturated carbocycles. The van der Waals surface area contributed by atoms with Gasteiger partial charge < -0.3 is 14.0 Å². The van der Waals surface area contributed by atoms with Crippen LogP contribution in [0.5, 0.6) is 0 Å². The zero-order chi connectivity index (χ0) is 10.0. The highest BCUT2D eigenvalue weighted by Crippen LogP contribution is 2.23. The fourth-order valence-electron chi connectivity index (χ4n) is 1.40. The van der Waals surface area contributed by atoms with Gasteiger partial charge in [-0.1, -0.05) is 13.8 Å². The van der Waals surface area contributed by atoms with Crippen LogP contribution in [0.2, 0.25) is 0 Å². The summed E-state index contributed by atoms with van der Waals surface area (Å²) in [6.45, 7) is 6.51. The fourth-order valence-corrected chi connectivity index (χ4v) is 1.40. The highest BCUT2D eigenvalue weighted by Gasteiger charge is 2.28. The van der Waals surface area contributed by atoms with Crippen molar-refractivity contribution in [3.05, 3.63) is 18.7 Å². The summed E-state index contributed by atoms with van der Waals surface area (Å²) >= 11 is 0. The van der Waals surface area contributed by atoms with Gasteiger partial charge in [0.05, 0.1) is 26.1 Å². The van der Waals surface area contributed by atoms with Crippen LogP contribution in [-0.4, -0.2) is 29.1 Å². The van der Waals surface area contributed by atoms with E-state index in [2.05, 4.69) is 18.8 Å². The molecule has 1 aliphatic rings. The van der Waals surface area contributed by atoms with Gasteiger partial charge in [0.15, 0.2) is 6.29 Å². The molecule has 0 unspecified atom stereocenters. The number of aromatic nitrogens is 2. The summed E-state index contributed by atoms with van der Waals surface area (Å²) in [6, 6.07) is 0. The minimum absolute atomic E-state index is 0.128. The second-order valence-corrected chi connectivity index (χ2v) is 4.48. The van der Waals surface area contributed by atoms with Gasteiger partial charge in [-0.05, 0) is 0 Å². The molecule has 4 heteroatoms. The van der Waals surface area contributed by atoms with Gasteiger partial charge in [0.2, 0.25) is 0 Å². The van der Waals surface area contributed by atoms with Crippen LogP contribution in [0.25, 0.3) is 0 Å². The summed E-state index contributed by atoms with van der Waals surface area (Å²) in [7, 11) is 0. The Kier molecular flexibility index (Phi) is 2.56. The lowest BCUT2D eigenvalue weighted by molar-refractivity contribution is -0.226. The lowest BCUT2D eigenvalue weighted by Gasteiger charge is -2.34. The predicted molar refractivity (Wildman–Crippen MR) is 51.7 cm³/mol. The van der Waals surface area contributed by atoms with E-state index in [0.29, 0.717) is 0 Å². The molecule has 0 aliphatic carbocycles. The van der Waals surface area contributed by atoms with Gasteiger partial charge in [-0.2, -0.15) is 0 Å². The molecule has 0 aromatic carbocycles. The normalized spacial score (nSPS) is 22.4. The third kappa shape index (κ3) is 2.33. The number of rotatable bonds is 2. The molecule has 1 fully saturated rings. The summed E-state index contributed by atoms with van der Waals surface area (Å²) in [5, 5.41) is 0. The smallest absolute Gasteiger partial charge is 0.175 e. The molecule has 1 aromatic heterocycles. The quantitative estimate of drug-likeness (QED) is 0.715. The number of ether oxygens (including phenoxy) is 2. The molecule has 1 aromatic rings. The molecular weight excluding hydrogens is 180 g/mol. The summed E-state index contributed by atoms with van der Waals surface area (Å²) in [6.07, 6.45) is 5.31. The SMILES string of the molecule is CC1(C)COC(Cn2ccnc2)OC1. The van der Waals surface area contributed by atoms with Gasteiger partial charge in [0.25, 0.3) is 0 Å². The van der Waals surface area contributed by atoms with E-state index in [-0.39, 0.29) is 11.7 Å². The first-order chi connectivity index (χ1) is 6.66. The van der Waals surface area contributed by atoms with Crippen LogP contribution in [-0.2, 0) is 16.0 Å². The van der Waals surface area contributed by atoms with E-state index in [1.807, 2.05) is 10.8 Å². The van der Waals surface area contributed by atoms with E-state index in [1.165, 1.54) is 0 Å². The molecule has 0 N–H and O–H groups in total. The van der Waals surface area contributed by atoms with Crippen molar-refractivity contribution in [2.24, 2.45) is 5.41 Å². The van der Waals surface area contributed by atoms with Gasteiger partial charge in [0.1, 0.15) is 0 Å². The van der Waals surface area contributed by atoms with E-state index in [9.17, 15) is 0 Å². The van der Waals surface area contributed by atoms with Gasteiger partial charge in [-0.25, -0.2) is 4.98 Å². The standard InChI is InChI=1S/C10H16N2O2/c1-10(2)6-13-9(14-7-10)5-12-4-3-11-8-12/h3-4,8-9H,5-7H2,1-2H3. The molecule has 2 heterocycles. The molecule has 0 spiro atoms. The zero-order valence-corrected chi connectivity index (χ0v) is 8.64. The summed E-state index contributed by atoms with van der Waals surface area (Å²) in [5.41, 5.74) is 0.144. The van der Waals surface area contributed by atoms with Gasteiger partial charge >= 0.3 is 0 Å². The Morgan fingerprint density at radius 1 is 1.43 bits per heavy atom. The van der Waals surface area contributed by atoms with E-state index in [0.717, 1.165) is 19.8 Å². The van der Waals surface area contributed by atoms with E-state index in [4.69, 9.17) is 9.47 Å². The average Bonchev–Trinajstić information content (AvgIpc) is 2.61. The number of hydrogen-bond acceptors (Lipinski definition) is 3. The Balaban J connectivity index is 1.85. The maximum absolute atomic E-state index is 5.60. The number of imidazole rings is 1. The maximum atomic E-state index is 5.60. The molecule has 0 amide bonds. The van der Waals surface area contributed by atoms with Crippen LogP contribution in [0, 0.1) is 5.41 Å². The minimum Gasteiger partial charge on any atom is -0.350 e. The second kappa shape index (κ2) is 3.71. The summed E-state index contributed by atoms with van der Waals surface area (Å²) in [5.74, 6) is 0. The van der Waals surface area contributed by atoms with E-state index in [1.54, 1.807) is 12.5 Å². The molecule has 1 aliphatic heterocycles. The summed E-state index contributed by atoms with van der Waals surface area (Å²) < 4.78 is 13.2. The Labute approximate surface area is 83.8 Å². The molecule has 2 rings (SSSR count). The summed E-state index contributed by atoms with van der Waals surface area (Å²) in [4.78, 5) is 3.97. The Hall–Kier alpha value is -0.870. The highest BCUT2D eigenvalue weighted by molar-refractivity contribution is 4.76. The predicted octanol–water partition coefficient (Wildman–Crippen LogP) is 1.28. The zero-order valence-electron chi connectivity index (χ0n) is 8.64. The average molecular weight is 196 g/mol. The molecule has 4 nitrogen and oxygen atoms in total. The molecular formula is C10H16N2O2. The van der Waals surface area contributed by atoms with Crippen LogP contribution in [0.3, 0.4) is 0 Å². The van der Waals surface area contributed by atoms with Crippen molar-refractivity contribution in [1.82, 2.24) is 9.55 Å². The molecule has 0 bridgehead atoms. The largest absolute Gasteiger partial charge is 0.350 e. The third-order valence-electron chi connectivity index (χ3n) is 2.24. The maximum Gasteiger partial charge on any atom is 0.175 e. The first kappa shape index (κ1) is 9.68. The molecule has 1 saturated heterocycles. The van der Waals surface area contributed by atoms with Gasteiger partial charge in [-0.3, -0.25) is 0 Å². The number of hydrogen-bond donors (Lipinski definition) is 0. The van der Waals surface area contributed by atoms with Crippen molar-refractivity contribution >= 4 is 0 Å². The highest BCUT2D eigenvalue weighted by atomic mass is 16.7. The van der Waals surface area contributed by atoms with Crippen molar-refractivity contribution in [1.29, 1.82) is 0 Å². The first-order valence-corrected chi connectivity index (χ1v) is 4.85. The molecule has 0 radical (unpaired) electrons. The lowest BCUT2D eigenvalue weighted by atomic mass is 9.96. The van der Waals surface area contributed by atoms with Gasteiger partial charge in [0, 0.05) is 17.8 Å². The Morgan fingerprint density at radius 2 is 2.14 bits per heavy atom. The monoisotopic (exact) mass is 196 g/mol. The second-order valence-electron chi connectivity index (χ2n) is 4.48. The fraction of sp³-hybridized carbons (Fsp3) is 0.700. The molecule has 0 atom stereocenters. The van der Waals surface area contributed by atoms with E-state index < -0.39 is 0 Å². The van der Waals surface area contributed by atoms with Gasteiger partial charge in [-0.15, -0.1) is 0 Å². The third-order valence-corrected chi connectivity index (χ3v) is 2.24. The van der Waals surface area contributed by atoms with Crippen LogP contribution < -0.4 is 0 Å². The molecule has 78 valence electrons. The van der Waals surface area contributed by atoms with Crippen LogP contribution in [0.15, 0.2) is 18.7 Å². The van der Waals surface area contributed by atoms with Crippen LogP contribution in [0.1, 0.15) is 13.8 Å². The first-order valence-electron chi connectivity index (χ1n) is 4.85.